The number of aromatic nitrogens is 2. The van der Waals surface area contributed by atoms with Gasteiger partial charge in [0, 0.05) is 39.1 Å². The minimum Gasteiger partial charge on any atom is -0.379 e. The summed E-state index contributed by atoms with van der Waals surface area (Å²) >= 11 is 0. The van der Waals surface area contributed by atoms with Crippen LogP contribution in [0.15, 0.2) is 10.9 Å². The predicted octanol–water partition coefficient (Wildman–Crippen LogP) is -0.466. The summed E-state index contributed by atoms with van der Waals surface area (Å²) in [6.45, 7) is 6.77. The molecule has 0 bridgehead atoms. The zero-order valence-electron chi connectivity index (χ0n) is 9.39. The lowest BCUT2D eigenvalue weighted by molar-refractivity contribution is 0.0384. The number of nitrogens with one attached hydrogen (secondary N) is 1. The first kappa shape index (κ1) is 11.5. The van der Waals surface area contributed by atoms with E-state index in [0.29, 0.717) is 5.89 Å². The van der Waals surface area contributed by atoms with Crippen LogP contribution in [0.2, 0.25) is 0 Å². The van der Waals surface area contributed by atoms with Gasteiger partial charge < -0.3 is 14.6 Å². The van der Waals surface area contributed by atoms with Crippen LogP contribution in [0.3, 0.4) is 0 Å². The molecule has 1 saturated heterocycles. The minimum atomic E-state index is 0.693. The molecular formula is C10H18N4O2. The molecule has 1 aromatic heterocycles. The van der Waals surface area contributed by atoms with Gasteiger partial charge in [-0.15, -0.1) is 0 Å². The number of rotatable bonds is 6. The first-order chi connectivity index (χ1) is 7.95. The van der Waals surface area contributed by atoms with E-state index in [1.54, 1.807) is 0 Å². The second-order valence-corrected chi connectivity index (χ2v) is 3.79. The fourth-order valence-corrected chi connectivity index (χ4v) is 1.69. The number of morpholine rings is 1. The highest BCUT2D eigenvalue weighted by Crippen LogP contribution is 1.95. The maximum atomic E-state index is 5.29. The molecule has 1 fully saturated rings. The van der Waals surface area contributed by atoms with Crippen LogP contribution in [0.4, 0.5) is 0 Å². The summed E-state index contributed by atoms with van der Waals surface area (Å²) in [5.41, 5.74) is 0. The van der Waals surface area contributed by atoms with Gasteiger partial charge in [-0.25, -0.2) is 0 Å². The van der Waals surface area contributed by atoms with Crippen molar-refractivity contribution in [3.05, 3.63) is 12.2 Å². The van der Waals surface area contributed by atoms with Crippen LogP contribution in [0.1, 0.15) is 5.89 Å². The van der Waals surface area contributed by atoms with Crippen molar-refractivity contribution in [2.24, 2.45) is 0 Å². The highest BCUT2D eigenvalue weighted by molar-refractivity contribution is 4.75. The van der Waals surface area contributed by atoms with Gasteiger partial charge in [0.25, 0.3) is 0 Å². The van der Waals surface area contributed by atoms with Crippen molar-refractivity contribution >= 4 is 0 Å². The van der Waals surface area contributed by atoms with Crippen molar-refractivity contribution in [3.8, 4) is 0 Å². The van der Waals surface area contributed by atoms with Crippen molar-refractivity contribution in [1.82, 2.24) is 20.4 Å². The zero-order chi connectivity index (χ0) is 11.1. The maximum absolute atomic E-state index is 5.29. The van der Waals surface area contributed by atoms with Gasteiger partial charge in [0.1, 0.15) is 0 Å². The number of nitrogens with zero attached hydrogens (tertiary/aromatic N) is 3. The van der Waals surface area contributed by atoms with E-state index in [2.05, 4.69) is 20.4 Å². The summed E-state index contributed by atoms with van der Waals surface area (Å²) < 4.78 is 10.2. The Balaban J connectivity index is 1.48. The molecule has 90 valence electrons. The van der Waals surface area contributed by atoms with Gasteiger partial charge in [-0.2, -0.15) is 4.98 Å². The smallest absolute Gasteiger partial charge is 0.227 e. The summed E-state index contributed by atoms with van der Waals surface area (Å²) in [5.74, 6) is 0.693. The third kappa shape index (κ3) is 3.88. The third-order valence-corrected chi connectivity index (χ3v) is 2.63. The molecule has 0 saturated carbocycles. The molecule has 0 radical (unpaired) electrons. The van der Waals surface area contributed by atoms with E-state index in [4.69, 9.17) is 9.26 Å². The minimum absolute atomic E-state index is 0.693. The average molecular weight is 226 g/mol. The van der Waals surface area contributed by atoms with E-state index < -0.39 is 0 Å². The Hall–Kier alpha value is -0.980. The number of hydrogen-bond donors (Lipinski definition) is 1. The van der Waals surface area contributed by atoms with Crippen molar-refractivity contribution < 1.29 is 9.26 Å². The van der Waals surface area contributed by atoms with E-state index in [1.807, 2.05) is 0 Å². The highest BCUT2D eigenvalue weighted by atomic mass is 16.5. The van der Waals surface area contributed by atoms with Crippen molar-refractivity contribution in [3.63, 3.8) is 0 Å². The first-order valence-corrected chi connectivity index (χ1v) is 5.71. The Labute approximate surface area is 95.0 Å². The fourth-order valence-electron chi connectivity index (χ4n) is 1.69. The van der Waals surface area contributed by atoms with Crippen LogP contribution in [0.5, 0.6) is 0 Å². The molecule has 0 aromatic carbocycles. The molecule has 1 aliphatic rings. The molecule has 2 rings (SSSR count). The molecule has 6 heteroatoms. The van der Waals surface area contributed by atoms with Gasteiger partial charge >= 0.3 is 0 Å². The molecule has 0 unspecified atom stereocenters. The average Bonchev–Trinajstić information content (AvgIpc) is 2.83. The standard InChI is InChI=1S/C10H18N4O2/c1(10-12-9-13-16-10)2-11-3-4-14-5-7-15-8-6-14/h9,11H,1-8H2. The maximum Gasteiger partial charge on any atom is 0.227 e. The summed E-state index contributed by atoms with van der Waals surface area (Å²) in [6.07, 6.45) is 2.23. The first-order valence-electron chi connectivity index (χ1n) is 5.71. The number of ether oxygens (including phenoxy) is 1. The molecule has 16 heavy (non-hydrogen) atoms. The van der Waals surface area contributed by atoms with Gasteiger partial charge in [0.15, 0.2) is 6.33 Å². The van der Waals surface area contributed by atoms with E-state index in [0.717, 1.165) is 52.4 Å². The molecule has 6 nitrogen and oxygen atoms in total. The molecule has 1 N–H and O–H groups in total. The van der Waals surface area contributed by atoms with Crippen LogP contribution in [0, 0.1) is 0 Å². The van der Waals surface area contributed by atoms with Crippen molar-refractivity contribution in [2.45, 2.75) is 6.42 Å². The van der Waals surface area contributed by atoms with Gasteiger partial charge in [-0.05, 0) is 0 Å². The highest BCUT2D eigenvalue weighted by Gasteiger charge is 2.08. The second kappa shape index (κ2) is 6.57. The van der Waals surface area contributed by atoms with Crippen LogP contribution < -0.4 is 5.32 Å². The Bertz CT molecular complexity index is 272. The predicted molar refractivity (Wildman–Crippen MR) is 58.1 cm³/mol. The SMILES string of the molecule is c1noc(CCNCCN2CCOCC2)n1. The van der Waals surface area contributed by atoms with Gasteiger partial charge in [0.05, 0.1) is 13.2 Å². The van der Waals surface area contributed by atoms with Gasteiger partial charge in [-0.3, -0.25) is 4.90 Å². The molecule has 1 aliphatic heterocycles. The summed E-state index contributed by atoms with van der Waals surface area (Å²) in [6, 6.07) is 0. The van der Waals surface area contributed by atoms with E-state index in [-0.39, 0.29) is 0 Å². The lowest BCUT2D eigenvalue weighted by Crippen LogP contribution is -2.40. The van der Waals surface area contributed by atoms with E-state index >= 15 is 0 Å². The Morgan fingerprint density at radius 1 is 1.31 bits per heavy atom. The molecule has 0 atom stereocenters. The largest absolute Gasteiger partial charge is 0.379 e. The Morgan fingerprint density at radius 2 is 2.19 bits per heavy atom. The summed E-state index contributed by atoms with van der Waals surface area (Å²) in [7, 11) is 0. The number of hydrogen-bond acceptors (Lipinski definition) is 6. The van der Waals surface area contributed by atoms with Gasteiger partial charge in [-0.1, -0.05) is 5.16 Å². The van der Waals surface area contributed by atoms with Crippen LogP contribution >= 0.6 is 0 Å². The topological polar surface area (TPSA) is 63.4 Å². The lowest BCUT2D eigenvalue weighted by atomic mass is 10.4. The lowest BCUT2D eigenvalue weighted by Gasteiger charge is -2.26. The molecule has 0 aliphatic carbocycles. The molecule has 1 aromatic rings. The Kier molecular flexibility index (Phi) is 4.72. The second-order valence-electron chi connectivity index (χ2n) is 3.79. The zero-order valence-corrected chi connectivity index (χ0v) is 9.39. The van der Waals surface area contributed by atoms with E-state index in [9.17, 15) is 0 Å². The molecule has 0 spiro atoms. The van der Waals surface area contributed by atoms with Crippen LogP contribution in [-0.4, -0.2) is 61.0 Å². The van der Waals surface area contributed by atoms with Crippen LogP contribution in [-0.2, 0) is 11.2 Å². The molecular weight excluding hydrogens is 208 g/mol. The normalized spacial score (nSPS) is 17.8. The van der Waals surface area contributed by atoms with E-state index in [1.165, 1.54) is 6.33 Å². The monoisotopic (exact) mass is 226 g/mol. The molecule has 2 heterocycles. The third-order valence-electron chi connectivity index (χ3n) is 2.63. The Morgan fingerprint density at radius 3 is 2.94 bits per heavy atom. The quantitative estimate of drug-likeness (QED) is 0.662. The molecule has 0 amide bonds. The summed E-state index contributed by atoms with van der Waals surface area (Å²) in [4.78, 5) is 6.36. The van der Waals surface area contributed by atoms with Crippen molar-refractivity contribution in [2.75, 3.05) is 45.9 Å². The van der Waals surface area contributed by atoms with Gasteiger partial charge in [0.2, 0.25) is 5.89 Å². The summed E-state index contributed by atoms with van der Waals surface area (Å²) in [5, 5.41) is 6.92. The van der Waals surface area contributed by atoms with Crippen LogP contribution in [0.25, 0.3) is 0 Å². The van der Waals surface area contributed by atoms with Crippen molar-refractivity contribution in [1.29, 1.82) is 0 Å². The fraction of sp³-hybridized carbons (Fsp3) is 0.800.